The maximum atomic E-state index is 12.6. The molecule has 1 amide bonds. The lowest BCUT2D eigenvalue weighted by Gasteiger charge is -2.39. The van der Waals surface area contributed by atoms with Gasteiger partial charge in [-0.2, -0.15) is 0 Å². The van der Waals surface area contributed by atoms with Crippen molar-refractivity contribution in [2.24, 2.45) is 23.2 Å². The summed E-state index contributed by atoms with van der Waals surface area (Å²) in [5.74, 6) is 0.998. The van der Waals surface area contributed by atoms with Gasteiger partial charge in [0, 0.05) is 19.0 Å². The van der Waals surface area contributed by atoms with Crippen molar-refractivity contribution in [3.05, 3.63) is 0 Å². The van der Waals surface area contributed by atoms with Crippen molar-refractivity contribution in [1.29, 1.82) is 0 Å². The number of fused-ring (bicyclic) bond motifs is 2. The summed E-state index contributed by atoms with van der Waals surface area (Å²) in [6, 6.07) is 0. The number of amides is 1. The van der Waals surface area contributed by atoms with E-state index in [1.165, 1.54) is 19.3 Å². The minimum Gasteiger partial charge on any atom is -0.481 e. The van der Waals surface area contributed by atoms with E-state index in [9.17, 15) is 14.7 Å². The fourth-order valence-electron chi connectivity index (χ4n) is 4.38. The Bertz CT molecular complexity index is 408. The van der Waals surface area contributed by atoms with Crippen LogP contribution in [0.3, 0.4) is 0 Å². The van der Waals surface area contributed by atoms with Crippen LogP contribution in [0.2, 0.25) is 0 Å². The zero-order chi connectivity index (χ0) is 13.6. The molecule has 2 bridgehead atoms. The molecule has 0 spiro atoms. The molecule has 1 heterocycles. The van der Waals surface area contributed by atoms with Crippen LogP contribution in [0.4, 0.5) is 0 Å². The van der Waals surface area contributed by atoms with E-state index in [1.807, 2.05) is 4.90 Å². The first-order chi connectivity index (χ1) is 8.99. The number of aliphatic carboxylic acids is 1. The monoisotopic (exact) mass is 265 g/mol. The third kappa shape index (κ3) is 2.15. The van der Waals surface area contributed by atoms with Crippen molar-refractivity contribution in [3.8, 4) is 0 Å². The number of nitrogens with zero attached hydrogens (tertiary/aromatic N) is 1. The van der Waals surface area contributed by atoms with Gasteiger partial charge in [-0.3, -0.25) is 9.59 Å². The average molecular weight is 265 g/mol. The molecule has 3 rings (SSSR count). The van der Waals surface area contributed by atoms with Gasteiger partial charge in [-0.15, -0.1) is 0 Å². The molecule has 2 saturated carbocycles. The maximum absolute atomic E-state index is 12.6. The number of hydrogen-bond acceptors (Lipinski definition) is 2. The predicted molar refractivity (Wildman–Crippen MR) is 70.5 cm³/mol. The van der Waals surface area contributed by atoms with Gasteiger partial charge >= 0.3 is 5.97 Å². The van der Waals surface area contributed by atoms with Gasteiger partial charge < -0.3 is 10.0 Å². The van der Waals surface area contributed by atoms with Crippen LogP contribution in [0, 0.1) is 23.2 Å². The SMILES string of the molecule is CC1(C(=O)O)CCCN(C(=O)C2CC3CCC2C3)C1. The van der Waals surface area contributed by atoms with Crippen molar-refractivity contribution in [2.75, 3.05) is 13.1 Å². The molecule has 0 aromatic heterocycles. The van der Waals surface area contributed by atoms with E-state index in [0.717, 1.165) is 25.3 Å². The van der Waals surface area contributed by atoms with Crippen LogP contribution in [0.5, 0.6) is 0 Å². The molecule has 3 aliphatic rings. The van der Waals surface area contributed by atoms with Gasteiger partial charge in [0.15, 0.2) is 0 Å². The van der Waals surface area contributed by atoms with Gasteiger partial charge in [0.05, 0.1) is 5.41 Å². The molecule has 4 heteroatoms. The average Bonchev–Trinajstić information content (AvgIpc) is 3.00. The Labute approximate surface area is 114 Å². The van der Waals surface area contributed by atoms with Crippen molar-refractivity contribution < 1.29 is 14.7 Å². The van der Waals surface area contributed by atoms with E-state index in [-0.39, 0.29) is 11.8 Å². The molecule has 0 aromatic rings. The molecule has 0 radical (unpaired) electrons. The van der Waals surface area contributed by atoms with E-state index < -0.39 is 11.4 Å². The Morgan fingerprint density at radius 1 is 1.26 bits per heavy atom. The number of carbonyl (C=O) groups excluding carboxylic acids is 1. The minimum absolute atomic E-state index is 0.190. The zero-order valence-electron chi connectivity index (χ0n) is 11.6. The molecule has 4 unspecified atom stereocenters. The first-order valence-electron chi connectivity index (χ1n) is 7.52. The highest BCUT2D eigenvalue weighted by atomic mass is 16.4. The standard InChI is InChI=1S/C15H23NO3/c1-15(14(18)19)5-2-6-16(9-15)13(17)12-8-10-3-4-11(12)7-10/h10-12H,2-9H2,1H3,(H,18,19). The number of hydrogen-bond donors (Lipinski definition) is 1. The third-order valence-electron chi connectivity index (χ3n) is 5.58. The van der Waals surface area contributed by atoms with Crippen LogP contribution in [0.1, 0.15) is 45.4 Å². The summed E-state index contributed by atoms with van der Waals surface area (Å²) in [6.07, 6.45) is 6.26. The maximum Gasteiger partial charge on any atom is 0.311 e. The molecule has 106 valence electrons. The molecule has 4 atom stereocenters. The molecule has 0 aromatic carbocycles. The quantitative estimate of drug-likeness (QED) is 0.832. The zero-order valence-corrected chi connectivity index (χ0v) is 11.6. The molecular weight excluding hydrogens is 242 g/mol. The first-order valence-corrected chi connectivity index (χ1v) is 7.52. The largest absolute Gasteiger partial charge is 0.481 e. The summed E-state index contributed by atoms with van der Waals surface area (Å²) in [5.41, 5.74) is -0.745. The predicted octanol–water partition coefficient (Wildman–Crippen LogP) is 2.14. The molecule has 1 saturated heterocycles. The highest BCUT2D eigenvalue weighted by Gasteiger charge is 2.47. The molecule has 2 aliphatic carbocycles. The van der Waals surface area contributed by atoms with E-state index in [1.54, 1.807) is 6.92 Å². The molecule has 1 aliphatic heterocycles. The highest BCUT2D eigenvalue weighted by Crippen LogP contribution is 2.49. The highest BCUT2D eigenvalue weighted by molar-refractivity contribution is 5.81. The number of rotatable bonds is 2. The van der Waals surface area contributed by atoms with Gasteiger partial charge in [0.2, 0.25) is 5.91 Å². The lowest BCUT2D eigenvalue weighted by Crippen LogP contribution is -2.50. The number of piperidine rings is 1. The minimum atomic E-state index is -0.766. The number of carbonyl (C=O) groups is 2. The summed E-state index contributed by atoms with van der Waals surface area (Å²) in [4.78, 5) is 25.8. The van der Waals surface area contributed by atoms with Crippen LogP contribution >= 0.6 is 0 Å². The topological polar surface area (TPSA) is 57.6 Å². The Hall–Kier alpha value is -1.06. The lowest BCUT2D eigenvalue weighted by molar-refractivity contribution is -0.154. The van der Waals surface area contributed by atoms with Crippen LogP contribution in [-0.4, -0.2) is 35.0 Å². The van der Waals surface area contributed by atoms with Crippen LogP contribution in [0.25, 0.3) is 0 Å². The van der Waals surface area contributed by atoms with Crippen LogP contribution < -0.4 is 0 Å². The Kier molecular flexibility index (Phi) is 3.06. The van der Waals surface area contributed by atoms with Crippen LogP contribution in [0.15, 0.2) is 0 Å². The summed E-state index contributed by atoms with van der Waals surface area (Å²) >= 11 is 0. The molecule has 1 N–H and O–H groups in total. The fraction of sp³-hybridized carbons (Fsp3) is 0.867. The normalized spacial score (nSPS) is 41.5. The summed E-state index contributed by atoms with van der Waals surface area (Å²) in [7, 11) is 0. The van der Waals surface area contributed by atoms with E-state index in [4.69, 9.17) is 0 Å². The van der Waals surface area contributed by atoms with Gasteiger partial charge in [0.25, 0.3) is 0 Å². The second-order valence-corrected chi connectivity index (χ2v) is 7.01. The lowest BCUT2D eigenvalue weighted by atomic mass is 9.80. The molecule has 19 heavy (non-hydrogen) atoms. The van der Waals surface area contributed by atoms with E-state index in [2.05, 4.69) is 0 Å². The van der Waals surface area contributed by atoms with Crippen molar-refractivity contribution in [2.45, 2.75) is 45.4 Å². The van der Waals surface area contributed by atoms with Gasteiger partial charge in [-0.25, -0.2) is 0 Å². The van der Waals surface area contributed by atoms with E-state index >= 15 is 0 Å². The Morgan fingerprint density at radius 3 is 2.63 bits per heavy atom. The summed E-state index contributed by atoms with van der Waals surface area (Å²) in [5, 5.41) is 9.33. The van der Waals surface area contributed by atoms with Gasteiger partial charge in [-0.05, 0) is 50.9 Å². The number of carboxylic acid groups (broad SMARTS) is 1. The number of carboxylic acids is 1. The molecule has 3 fully saturated rings. The van der Waals surface area contributed by atoms with Crippen molar-refractivity contribution >= 4 is 11.9 Å². The van der Waals surface area contributed by atoms with Crippen molar-refractivity contribution in [1.82, 2.24) is 4.90 Å². The van der Waals surface area contributed by atoms with Crippen molar-refractivity contribution in [3.63, 3.8) is 0 Å². The molecule has 4 nitrogen and oxygen atoms in total. The number of likely N-dealkylation sites (tertiary alicyclic amines) is 1. The second-order valence-electron chi connectivity index (χ2n) is 7.01. The van der Waals surface area contributed by atoms with Gasteiger partial charge in [0.1, 0.15) is 0 Å². The van der Waals surface area contributed by atoms with Crippen LogP contribution in [-0.2, 0) is 9.59 Å². The summed E-state index contributed by atoms with van der Waals surface area (Å²) < 4.78 is 0. The summed E-state index contributed by atoms with van der Waals surface area (Å²) in [6.45, 7) is 2.92. The Balaban J connectivity index is 1.68. The van der Waals surface area contributed by atoms with Gasteiger partial charge in [-0.1, -0.05) is 6.42 Å². The third-order valence-corrected chi connectivity index (χ3v) is 5.58. The fourth-order valence-corrected chi connectivity index (χ4v) is 4.38. The Morgan fingerprint density at radius 2 is 2.05 bits per heavy atom. The first kappa shape index (κ1) is 12.9. The second kappa shape index (κ2) is 4.50. The smallest absolute Gasteiger partial charge is 0.311 e. The molecular formula is C15H23NO3. The van der Waals surface area contributed by atoms with E-state index in [0.29, 0.717) is 18.9 Å².